The first-order chi connectivity index (χ1) is 7.60. The minimum Gasteiger partial charge on any atom is -0.468 e. The SMILES string of the molecule is COC(=O)C(C(=O)OC)c1cccc(Cl)c1. The van der Waals surface area contributed by atoms with Gasteiger partial charge in [-0.05, 0) is 17.7 Å². The van der Waals surface area contributed by atoms with Gasteiger partial charge in [0.1, 0.15) is 0 Å². The number of ether oxygens (including phenoxy) is 2. The molecule has 0 amide bonds. The van der Waals surface area contributed by atoms with Crippen LogP contribution in [0.4, 0.5) is 0 Å². The molecular weight excluding hydrogens is 232 g/mol. The first-order valence-corrected chi connectivity index (χ1v) is 4.89. The van der Waals surface area contributed by atoms with E-state index in [9.17, 15) is 9.59 Å². The number of rotatable bonds is 3. The standard InChI is InChI=1S/C11H11ClO4/c1-15-10(13)9(11(14)16-2)7-4-3-5-8(12)6-7/h3-6,9H,1-2H3. The van der Waals surface area contributed by atoms with Crippen LogP contribution in [0.25, 0.3) is 0 Å². The van der Waals surface area contributed by atoms with E-state index in [2.05, 4.69) is 9.47 Å². The fourth-order valence-electron chi connectivity index (χ4n) is 1.29. The molecule has 1 aromatic rings. The highest BCUT2D eigenvalue weighted by atomic mass is 35.5. The van der Waals surface area contributed by atoms with Gasteiger partial charge in [-0.3, -0.25) is 9.59 Å². The normalized spacial score (nSPS) is 10.0. The van der Waals surface area contributed by atoms with Crippen LogP contribution in [0.5, 0.6) is 0 Å². The van der Waals surface area contributed by atoms with E-state index in [4.69, 9.17) is 11.6 Å². The van der Waals surface area contributed by atoms with Crippen molar-refractivity contribution in [3.63, 3.8) is 0 Å². The van der Waals surface area contributed by atoms with Gasteiger partial charge < -0.3 is 9.47 Å². The maximum Gasteiger partial charge on any atom is 0.324 e. The highest BCUT2D eigenvalue weighted by Gasteiger charge is 2.30. The second-order valence-corrected chi connectivity index (χ2v) is 3.47. The molecule has 0 aromatic heterocycles. The number of halogens is 1. The van der Waals surface area contributed by atoms with E-state index < -0.39 is 17.9 Å². The Morgan fingerprint density at radius 3 is 2.19 bits per heavy atom. The van der Waals surface area contributed by atoms with Gasteiger partial charge in [0.25, 0.3) is 0 Å². The second kappa shape index (κ2) is 5.51. The van der Waals surface area contributed by atoms with Crippen molar-refractivity contribution in [3.8, 4) is 0 Å². The van der Waals surface area contributed by atoms with Gasteiger partial charge in [-0.25, -0.2) is 0 Å². The molecule has 0 fully saturated rings. The Bertz CT molecular complexity index is 387. The number of benzene rings is 1. The topological polar surface area (TPSA) is 52.6 Å². The molecule has 0 aliphatic heterocycles. The maximum atomic E-state index is 11.5. The first-order valence-electron chi connectivity index (χ1n) is 4.51. The molecule has 0 saturated carbocycles. The molecule has 0 unspecified atom stereocenters. The number of hydrogen-bond acceptors (Lipinski definition) is 4. The maximum absolute atomic E-state index is 11.5. The molecular formula is C11H11ClO4. The van der Waals surface area contributed by atoms with Crippen molar-refractivity contribution < 1.29 is 19.1 Å². The van der Waals surface area contributed by atoms with Crippen molar-refractivity contribution in [2.45, 2.75) is 5.92 Å². The molecule has 16 heavy (non-hydrogen) atoms. The van der Waals surface area contributed by atoms with Gasteiger partial charge in [0.2, 0.25) is 0 Å². The highest BCUT2D eigenvalue weighted by Crippen LogP contribution is 2.22. The fraction of sp³-hybridized carbons (Fsp3) is 0.273. The molecule has 0 saturated heterocycles. The van der Waals surface area contributed by atoms with Crippen LogP contribution in [0.2, 0.25) is 5.02 Å². The predicted molar refractivity (Wildman–Crippen MR) is 58.2 cm³/mol. The van der Waals surface area contributed by atoms with Crippen molar-refractivity contribution in [2.24, 2.45) is 0 Å². The summed E-state index contributed by atoms with van der Waals surface area (Å²) >= 11 is 5.78. The summed E-state index contributed by atoms with van der Waals surface area (Å²) in [6.07, 6.45) is 0. The summed E-state index contributed by atoms with van der Waals surface area (Å²) in [6, 6.07) is 6.44. The molecule has 0 spiro atoms. The zero-order chi connectivity index (χ0) is 12.1. The van der Waals surface area contributed by atoms with Gasteiger partial charge in [-0.2, -0.15) is 0 Å². The molecule has 4 nitrogen and oxygen atoms in total. The molecule has 1 rings (SSSR count). The second-order valence-electron chi connectivity index (χ2n) is 3.03. The molecule has 86 valence electrons. The number of carbonyl (C=O) groups is 2. The quantitative estimate of drug-likeness (QED) is 0.599. The van der Waals surface area contributed by atoms with Crippen LogP contribution in [-0.2, 0) is 19.1 Å². The molecule has 0 aliphatic carbocycles. The van der Waals surface area contributed by atoms with E-state index in [1.54, 1.807) is 18.2 Å². The highest BCUT2D eigenvalue weighted by molar-refractivity contribution is 6.30. The zero-order valence-corrected chi connectivity index (χ0v) is 9.65. The lowest BCUT2D eigenvalue weighted by atomic mass is 9.99. The van der Waals surface area contributed by atoms with Crippen molar-refractivity contribution in [2.75, 3.05) is 14.2 Å². The van der Waals surface area contributed by atoms with Gasteiger partial charge in [-0.1, -0.05) is 23.7 Å². The summed E-state index contributed by atoms with van der Waals surface area (Å²) in [6.45, 7) is 0. The molecule has 0 aliphatic rings. The summed E-state index contributed by atoms with van der Waals surface area (Å²) in [4.78, 5) is 22.9. The van der Waals surface area contributed by atoms with Crippen LogP contribution in [0, 0.1) is 0 Å². The Morgan fingerprint density at radius 1 is 1.19 bits per heavy atom. The Hall–Kier alpha value is -1.55. The number of carbonyl (C=O) groups excluding carboxylic acids is 2. The third-order valence-electron chi connectivity index (χ3n) is 2.06. The average Bonchev–Trinajstić information content (AvgIpc) is 2.29. The van der Waals surface area contributed by atoms with Crippen LogP contribution < -0.4 is 0 Å². The lowest BCUT2D eigenvalue weighted by molar-refractivity contribution is -0.154. The number of esters is 2. The third-order valence-corrected chi connectivity index (χ3v) is 2.29. The van der Waals surface area contributed by atoms with Crippen LogP contribution in [0.3, 0.4) is 0 Å². The monoisotopic (exact) mass is 242 g/mol. The fourth-order valence-corrected chi connectivity index (χ4v) is 1.49. The molecule has 0 bridgehead atoms. The van der Waals surface area contributed by atoms with E-state index in [0.29, 0.717) is 10.6 Å². The summed E-state index contributed by atoms with van der Waals surface area (Å²) in [7, 11) is 2.42. The Balaban J connectivity index is 3.10. The van der Waals surface area contributed by atoms with Crippen LogP contribution in [0.1, 0.15) is 11.5 Å². The van der Waals surface area contributed by atoms with E-state index >= 15 is 0 Å². The van der Waals surface area contributed by atoms with E-state index in [0.717, 1.165) is 0 Å². The van der Waals surface area contributed by atoms with Crippen molar-refractivity contribution in [1.29, 1.82) is 0 Å². The van der Waals surface area contributed by atoms with E-state index in [-0.39, 0.29) is 0 Å². The van der Waals surface area contributed by atoms with E-state index in [1.165, 1.54) is 20.3 Å². The third kappa shape index (κ3) is 2.73. The molecule has 0 radical (unpaired) electrons. The van der Waals surface area contributed by atoms with Crippen LogP contribution in [0.15, 0.2) is 24.3 Å². The molecule has 1 aromatic carbocycles. The number of methoxy groups -OCH3 is 2. The van der Waals surface area contributed by atoms with E-state index in [1.807, 2.05) is 0 Å². The smallest absolute Gasteiger partial charge is 0.324 e. The molecule has 0 N–H and O–H groups in total. The summed E-state index contributed by atoms with van der Waals surface area (Å²) in [5.74, 6) is -2.43. The molecule has 5 heteroatoms. The van der Waals surface area contributed by atoms with Crippen LogP contribution >= 0.6 is 11.6 Å². The Morgan fingerprint density at radius 2 is 1.75 bits per heavy atom. The zero-order valence-electron chi connectivity index (χ0n) is 8.90. The van der Waals surface area contributed by atoms with Crippen LogP contribution in [-0.4, -0.2) is 26.2 Å². The van der Waals surface area contributed by atoms with Gasteiger partial charge in [0.05, 0.1) is 14.2 Å². The average molecular weight is 243 g/mol. The molecule has 0 atom stereocenters. The van der Waals surface area contributed by atoms with Crippen molar-refractivity contribution in [3.05, 3.63) is 34.9 Å². The van der Waals surface area contributed by atoms with Gasteiger partial charge in [-0.15, -0.1) is 0 Å². The Labute approximate surface area is 98.1 Å². The lowest BCUT2D eigenvalue weighted by Crippen LogP contribution is -2.24. The minimum atomic E-state index is -1.09. The van der Waals surface area contributed by atoms with Gasteiger partial charge >= 0.3 is 11.9 Å². The van der Waals surface area contributed by atoms with Crippen molar-refractivity contribution >= 4 is 23.5 Å². The Kier molecular flexibility index (Phi) is 4.31. The van der Waals surface area contributed by atoms with Crippen molar-refractivity contribution in [1.82, 2.24) is 0 Å². The molecule has 0 heterocycles. The first kappa shape index (κ1) is 12.5. The largest absolute Gasteiger partial charge is 0.468 e. The summed E-state index contributed by atoms with van der Waals surface area (Å²) in [5.41, 5.74) is 0.450. The predicted octanol–water partition coefficient (Wildman–Crippen LogP) is 1.77. The van der Waals surface area contributed by atoms with Gasteiger partial charge in [0, 0.05) is 5.02 Å². The lowest BCUT2D eigenvalue weighted by Gasteiger charge is -2.12. The summed E-state index contributed by atoms with van der Waals surface area (Å²) < 4.78 is 9.09. The van der Waals surface area contributed by atoms with Gasteiger partial charge in [0.15, 0.2) is 5.92 Å². The number of hydrogen-bond donors (Lipinski definition) is 0. The summed E-state index contributed by atoms with van der Waals surface area (Å²) in [5, 5.41) is 0.440. The minimum absolute atomic E-state index is 0.440.